The summed E-state index contributed by atoms with van der Waals surface area (Å²) in [6, 6.07) is 5.99. The molecular weight excluding hydrogens is 186 g/mol. The molecule has 0 fully saturated rings. The van der Waals surface area contributed by atoms with E-state index in [0.29, 0.717) is 11.7 Å². The molecule has 78 valence electrons. The van der Waals surface area contributed by atoms with Gasteiger partial charge in [-0.25, -0.2) is 4.99 Å². The lowest BCUT2D eigenvalue weighted by Crippen LogP contribution is -2.10. The van der Waals surface area contributed by atoms with E-state index >= 15 is 0 Å². The van der Waals surface area contributed by atoms with Crippen LogP contribution in [0, 0.1) is 5.41 Å². The van der Waals surface area contributed by atoms with E-state index in [4.69, 9.17) is 11.1 Å². The highest BCUT2D eigenvalue weighted by Gasteiger charge is 2.20. The molecule has 0 spiro atoms. The summed E-state index contributed by atoms with van der Waals surface area (Å²) < 4.78 is 0. The Bertz CT molecular complexity index is 432. The SMILES string of the molecule is CCCCc1cccc2c1C(=N)N=C2N. The van der Waals surface area contributed by atoms with Gasteiger partial charge in [-0.15, -0.1) is 0 Å². The van der Waals surface area contributed by atoms with Crippen LogP contribution in [0.25, 0.3) is 0 Å². The van der Waals surface area contributed by atoms with Crippen molar-refractivity contribution in [3.05, 3.63) is 34.9 Å². The van der Waals surface area contributed by atoms with Gasteiger partial charge in [-0.2, -0.15) is 0 Å². The number of benzene rings is 1. The van der Waals surface area contributed by atoms with E-state index in [2.05, 4.69) is 18.0 Å². The quantitative estimate of drug-likeness (QED) is 0.772. The van der Waals surface area contributed by atoms with Gasteiger partial charge in [-0.3, -0.25) is 5.41 Å². The molecule has 0 bridgehead atoms. The molecule has 3 nitrogen and oxygen atoms in total. The second kappa shape index (κ2) is 3.85. The molecule has 0 atom stereocenters. The Morgan fingerprint density at radius 1 is 1.40 bits per heavy atom. The van der Waals surface area contributed by atoms with Gasteiger partial charge in [0.25, 0.3) is 0 Å². The van der Waals surface area contributed by atoms with Gasteiger partial charge in [0.15, 0.2) is 5.84 Å². The van der Waals surface area contributed by atoms with Gasteiger partial charge in [0, 0.05) is 11.1 Å². The number of amidine groups is 2. The smallest absolute Gasteiger partial charge is 0.155 e. The van der Waals surface area contributed by atoms with Gasteiger partial charge >= 0.3 is 0 Å². The van der Waals surface area contributed by atoms with E-state index in [0.717, 1.165) is 30.4 Å². The zero-order valence-electron chi connectivity index (χ0n) is 8.88. The fourth-order valence-corrected chi connectivity index (χ4v) is 1.91. The van der Waals surface area contributed by atoms with Crippen LogP contribution < -0.4 is 5.73 Å². The Balaban J connectivity index is 2.40. The Morgan fingerprint density at radius 2 is 2.20 bits per heavy atom. The van der Waals surface area contributed by atoms with Crippen LogP contribution >= 0.6 is 0 Å². The van der Waals surface area contributed by atoms with Crippen LogP contribution in [0.4, 0.5) is 0 Å². The Kier molecular flexibility index (Phi) is 2.54. The van der Waals surface area contributed by atoms with Crippen LogP contribution in [0.1, 0.15) is 36.5 Å². The van der Waals surface area contributed by atoms with Crippen molar-refractivity contribution in [3.8, 4) is 0 Å². The van der Waals surface area contributed by atoms with Gasteiger partial charge in [0.05, 0.1) is 0 Å². The second-order valence-electron chi connectivity index (χ2n) is 3.79. The van der Waals surface area contributed by atoms with Crippen LogP contribution in [0.2, 0.25) is 0 Å². The normalized spacial score (nSPS) is 13.9. The van der Waals surface area contributed by atoms with Crippen molar-refractivity contribution in [1.82, 2.24) is 0 Å². The molecule has 2 rings (SSSR count). The van der Waals surface area contributed by atoms with Gasteiger partial charge in [-0.1, -0.05) is 31.5 Å². The summed E-state index contributed by atoms with van der Waals surface area (Å²) in [5, 5.41) is 7.77. The molecule has 1 aliphatic heterocycles. The maximum absolute atomic E-state index is 7.77. The molecule has 1 aromatic rings. The maximum atomic E-state index is 7.77. The van der Waals surface area contributed by atoms with Crippen molar-refractivity contribution in [2.45, 2.75) is 26.2 Å². The summed E-state index contributed by atoms with van der Waals surface area (Å²) in [4.78, 5) is 4.00. The maximum Gasteiger partial charge on any atom is 0.155 e. The summed E-state index contributed by atoms with van der Waals surface area (Å²) in [5.74, 6) is 0.794. The number of unbranched alkanes of at least 4 members (excludes halogenated alkanes) is 1. The van der Waals surface area contributed by atoms with Crippen molar-refractivity contribution in [2.75, 3.05) is 0 Å². The summed E-state index contributed by atoms with van der Waals surface area (Å²) in [6.45, 7) is 2.17. The molecule has 15 heavy (non-hydrogen) atoms. The number of hydrogen-bond acceptors (Lipinski definition) is 2. The highest BCUT2D eigenvalue weighted by Crippen LogP contribution is 2.22. The number of hydrogen-bond donors (Lipinski definition) is 2. The number of aryl methyl sites for hydroxylation is 1. The number of nitrogens with zero attached hydrogens (tertiary/aromatic N) is 1. The van der Waals surface area contributed by atoms with E-state index in [1.807, 2.05) is 12.1 Å². The minimum Gasteiger partial charge on any atom is -0.383 e. The van der Waals surface area contributed by atoms with Gasteiger partial charge in [-0.05, 0) is 18.4 Å². The monoisotopic (exact) mass is 201 g/mol. The molecule has 3 heteroatoms. The van der Waals surface area contributed by atoms with Crippen molar-refractivity contribution >= 4 is 11.7 Å². The first-order valence-electron chi connectivity index (χ1n) is 5.29. The largest absolute Gasteiger partial charge is 0.383 e. The number of aliphatic imine (C=N–C) groups is 1. The molecular formula is C12H15N3. The Labute approximate surface area is 89.5 Å². The Hall–Kier alpha value is -1.64. The van der Waals surface area contributed by atoms with E-state index in [1.165, 1.54) is 5.56 Å². The molecule has 1 heterocycles. The molecule has 0 saturated heterocycles. The van der Waals surface area contributed by atoms with Crippen molar-refractivity contribution in [3.63, 3.8) is 0 Å². The zero-order chi connectivity index (χ0) is 10.8. The Morgan fingerprint density at radius 3 is 2.93 bits per heavy atom. The molecule has 0 amide bonds. The summed E-state index contributed by atoms with van der Waals surface area (Å²) in [7, 11) is 0. The van der Waals surface area contributed by atoms with Crippen LogP contribution in [-0.4, -0.2) is 11.7 Å². The average molecular weight is 201 g/mol. The fraction of sp³-hybridized carbons (Fsp3) is 0.333. The van der Waals surface area contributed by atoms with Crippen LogP contribution in [0.5, 0.6) is 0 Å². The average Bonchev–Trinajstić information content (AvgIpc) is 2.53. The number of rotatable bonds is 3. The highest BCUT2D eigenvalue weighted by atomic mass is 14.9. The standard InChI is InChI=1S/C12H15N3/c1-2-3-5-8-6-4-7-9-10(8)12(14)15-11(9)13/h4,6-7H,2-3,5H2,1H3,(H3,13,14,15). The summed E-state index contributed by atoms with van der Waals surface area (Å²) in [6.07, 6.45) is 3.31. The van der Waals surface area contributed by atoms with Crippen LogP contribution in [0.15, 0.2) is 23.2 Å². The predicted molar refractivity (Wildman–Crippen MR) is 62.6 cm³/mol. The molecule has 0 radical (unpaired) electrons. The van der Waals surface area contributed by atoms with E-state index in [9.17, 15) is 0 Å². The van der Waals surface area contributed by atoms with Crippen molar-refractivity contribution < 1.29 is 0 Å². The van der Waals surface area contributed by atoms with Crippen LogP contribution in [-0.2, 0) is 6.42 Å². The predicted octanol–water partition coefficient (Wildman–Crippen LogP) is 2.07. The molecule has 1 aromatic carbocycles. The lowest BCUT2D eigenvalue weighted by molar-refractivity contribution is 0.794. The summed E-state index contributed by atoms with van der Waals surface area (Å²) in [5.41, 5.74) is 8.80. The third-order valence-electron chi connectivity index (χ3n) is 2.70. The minimum atomic E-state index is 0.314. The molecule has 0 aromatic heterocycles. The minimum absolute atomic E-state index is 0.314. The lowest BCUT2D eigenvalue weighted by Gasteiger charge is -2.06. The lowest BCUT2D eigenvalue weighted by atomic mass is 9.97. The van der Waals surface area contributed by atoms with E-state index < -0.39 is 0 Å². The fourth-order valence-electron chi connectivity index (χ4n) is 1.91. The number of nitrogens with one attached hydrogen (secondary N) is 1. The topological polar surface area (TPSA) is 62.2 Å². The highest BCUT2D eigenvalue weighted by molar-refractivity contribution is 6.21. The third kappa shape index (κ3) is 1.65. The van der Waals surface area contributed by atoms with Gasteiger partial charge in [0.2, 0.25) is 0 Å². The first-order chi connectivity index (χ1) is 7.24. The van der Waals surface area contributed by atoms with Crippen molar-refractivity contribution in [1.29, 1.82) is 5.41 Å². The molecule has 1 aliphatic rings. The van der Waals surface area contributed by atoms with Gasteiger partial charge < -0.3 is 5.73 Å². The second-order valence-corrected chi connectivity index (χ2v) is 3.79. The third-order valence-corrected chi connectivity index (χ3v) is 2.70. The van der Waals surface area contributed by atoms with E-state index in [1.54, 1.807) is 0 Å². The van der Waals surface area contributed by atoms with Crippen molar-refractivity contribution in [2.24, 2.45) is 10.7 Å². The molecule has 0 saturated carbocycles. The number of nitrogens with two attached hydrogens (primary N) is 1. The van der Waals surface area contributed by atoms with E-state index in [-0.39, 0.29) is 0 Å². The zero-order valence-corrected chi connectivity index (χ0v) is 8.88. The van der Waals surface area contributed by atoms with Crippen LogP contribution in [0.3, 0.4) is 0 Å². The molecule has 0 aliphatic carbocycles. The molecule has 0 unspecified atom stereocenters. The first kappa shape index (κ1) is 9.90. The summed E-state index contributed by atoms with van der Waals surface area (Å²) >= 11 is 0. The first-order valence-corrected chi connectivity index (χ1v) is 5.29. The van der Waals surface area contributed by atoms with Gasteiger partial charge in [0.1, 0.15) is 5.84 Å². The number of fused-ring (bicyclic) bond motifs is 1. The molecule has 3 N–H and O–H groups in total.